The van der Waals surface area contributed by atoms with Crippen LogP contribution in [-0.2, 0) is 6.42 Å². The molecule has 0 unspecified atom stereocenters. The van der Waals surface area contributed by atoms with Gasteiger partial charge in [0.2, 0.25) is 0 Å². The fourth-order valence-electron chi connectivity index (χ4n) is 1.96. The van der Waals surface area contributed by atoms with Crippen LogP contribution in [0.4, 0.5) is 5.69 Å². The Kier molecular flexibility index (Phi) is 5.30. The van der Waals surface area contributed by atoms with Gasteiger partial charge in [-0.05, 0) is 36.2 Å². The molecule has 0 atom stereocenters. The maximum Gasteiger partial charge on any atom is 0.122 e. The molecule has 0 amide bonds. The van der Waals surface area contributed by atoms with Crippen molar-refractivity contribution in [2.75, 3.05) is 18.9 Å². The highest BCUT2D eigenvalue weighted by Crippen LogP contribution is 2.15. The Hall–Kier alpha value is -2.16. The van der Waals surface area contributed by atoms with E-state index < -0.39 is 0 Å². The van der Waals surface area contributed by atoms with E-state index in [9.17, 15) is 0 Å². The van der Waals surface area contributed by atoms with Crippen LogP contribution in [-0.4, -0.2) is 13.2 Å². The number of aryl methyl sites for hydroxylation is 1. The van der Waals surface area contributed by atoms with E-state index in [1.165, 1.54) is 5.56 Å². The van der Waals surface area contributed by atoms with Crippen molar-refractivity contribution >= 4 is 5.69 Å². The lowest BCUT2D eigenvalue weighted by atomic mass is 10.1. The van der Waals surface area contributed by atoms with Crippen molar-refractivity contribution in [3.63, 3.8) is 0 Å². The topological polar surface area (TPSA) is 44.5 Å². The molecule has 0 heterocycles. The van der Waals surface area contributed by atoms with E-state index in [1.807, 2.05) is 30.3 Å². The van der Waals surface area contributed by atoms with Crippen molar-refractivity contribution < 1.29 is 9.47 Å². The molecule has 106 valence electrons. The second-order valence-electron chi connectivity index (χ2n) is 4.66. The molecule has 3 nitrogen and oxygen atoms in total. The van der Waals surface area contributed by atoms with E-state index in [0.717, 1.165) is 24.3 Å². The molecule has 0 aliphatic heterocycles. The predicted octanol–water partition coefficient (Wildman–Crippen LogP) is 3.68. The summed E-state index contributed by atoms with van der Waals surface area (Å²) in [6.45, 7) is 3.19. The van der Waals surface area contributed by atoms with E-state index in [2.05, 4.69) is 19.1 Å². The van der Waals surface area contributed by atoms with Crippen LogP contribution in [0.1, 0.15) is 18.9 Å². The van der Waals surface area contributed by atoms with Crippen LogP contribution >= 0.6 is 0 Å². The summed E-state index contributed by atoms with van der Waals surface area (Å²) in [7, 11) is 0. The fraction of sp³-hybridized carbons (Fsp3) is 0.294. The minimum absolute atomic E-state index is 0.500. The standard InChI is InChI=1S/C17H21NO2/c1-2-4-14-7-9-16(10-8-14)19-11-12-20-17-6-3-5-15(18)13-17/h3,5-10,13H,2,4,11-12,18H2,1H3. The van der Waals surface area contributed by atoms with Gasteiger partial charge < -0.3 is 15.2 Å². The molecule has 2 aromatic rings. The molecule has 0 aliphatic rings. The van der Waals surface area contributed by atoms with Gasteiger partial charge in [0.05, 0.1) is 0 Å². The zero-order chi connectivity index (χ0) is 14.2. The number of anilines is 1. The Morgan fingerprint density at radius 2 is 1.60 bits per heavy atom. The average Bonchev–Trinajstić information content (AvgIpc) is 2.46. The number of hydrogen-bond acceptors (Lipinski definition) is 3. The van der Waals surface area contributed by atoms with Crippen LogP contribution < -0.4 is 15.2 Å². The molecule has 0 aromatic heterocycles. The zero-order valence-electron chi connectivity index (χ0n) is 11.8. The van der Waals surface area contributed by atoms with Crippen LogP contribution in [0.25, 0.3) is 0 Å². The Morgan fingerprint density at radius 3 is 2.25 bits per heavy atom. The summed E-state index contributed by atoms with van der Waals surface area (Å²) in [5.74, 6) is 1.65. The van der Waals surface area contributed by atoms with Gasteiger partial charge >= 0.3 is 0 Å². The minimum Gasteiger partial charge on any atom is -0.490 e. The van der Waals surface area contributed by atoms with E-state index >= 15 is 0 Å². The molecule has 2 rings (SSSR count). The van der Waals surface area contributed by atoms with Crippen molar-refractivity contribution in [2.45, 2.75) is 19.8 Å². The molecule has 0 spiro atoms. The van der Waals surface area contributed by atoms with Crippen molar-refractivity contribution in [1.82, 2.24) is 0 Å². The summed E-state index contributed by atoms with van der Waals surface area (Å²) in [6, 6.07) is 15.6. The molecule has 2 aromatic carbocycles. The van der Waals surface area contributed by atoms with Gasteiger partial charge in [-0.1, -0.05) is 31.5 Å². The second kappa shape index (κ2) is 7.43. The smallest absolute Gasteiger partial charge is 0.122 e. The lowest BCUT2D eigenvalue weighted by Crippen LogP contribution is -2.09. The second-order valence-corrected chi connectivity index (χ2v) is 4.66. The maximum absolute atomic E-state index is 5.68. The van der Waals surface area contributed by atoms with E-state index in [1.54, 1.807) is 6.07 Å². The lowest BCUT2D eigenvalue weighted by Gasteiger charge is -2.09. The lowest BCUT2D eigenvalue weighted by molar-refractivity contribution is 0.217. The molecule has 20 heavy (non-hydrogen) atoms. The molecular formula is C17H21NO2. The third-order valence-corrected chi connectivity index (χ3v) is 2.94. The van der Waals surface area contributed by atoms with Crippen molar-refractivity contribution in [2.24, 2.45) is 0 Å². The quantitative estimate of drug-likeness (QED) is 0.617. The molecule has 0 fully saturated rings. The number of nitrogens with two attached hydrogens (primary N) is 1. The first kappa shape index (κ1) is 14.3. The normalized spacial score (nSPS) is 10.2. The summed E-state index contributed by atoms with van der Waals surface area (Å²) in [5, 5.41) is 0. The SMILES string of the molecule is CCCc1ccc(OCCOc2cccc(N)c2)cc1. The van der Waals surface area contributed by atoms with Gasteiger partial charge in [0.25, 0.3) is 0 Å². The van der Waals surface area contributed by atoms with Crippen LogP contribution in [0, 0.1) is 0 Å². The van der Waals surface area contributed by atoms with Gasteiger partial charge in [0.1, 0.15) is 24.7 Å². The molecule has 0 saturated carbocycles. The Balaban J connectivity index is 1.73. The van der Waals surface area contributed by atoms with Gasteiger partial charge in [-0.15, -0.1) is 0 Å². The van der Waals surface area contributed by atoms with E-state index in [0.29, 0.717) is 18.9 Å². The third kappa shape index (κ3) is 4.50. The maximum atomic E-state index is 5.68. The predicted molar refractivity (Wildman–Crippen MR) is 82.3 cm³/mol. The summed E-state index contributed by atoms with van der Waals surface area (Å²) >= 11 is 0. The number of rotatable bonds is 7. The van der Waals surface area contributed by atoms with Crippen LogP contribution in [0.5, 0.6) is 11.5 Å². The Labute approximate surface area is 120 Å². The largest absolute Gasteiger partial charge is 0.490 e. The van der Waals surface area contributed by atoms with Crippen molar-refractivity contribution in [3.05, 3.63) is 54.1 Å². The molecular weight excluding hydrogens is 250 g/mol. The molecule has 3 heteroatoms. The van der Waals surface area contributed by atoms with Gasteiger partial charge in [0, 0.05) is 11.8 Å². The number of benzene rings is 2. The summed E-state index contributed by atoms with van der Waals surface area (Å²) in [5.41, 5.74) is 7.73. The molecule has 2 N–H and O–H groups in total. The monoisotopic (exact) mass is 271 g/mol. The Bertz CT molecular complexity index is 523. The van der Waals surface area contributed by atoms with E-state index in [4.69, 9.17) is 15.2 Å². The molecule has 0 bridgehead atoms. The number of hydrogen-bond donors (Lipinski definition) is 1. The summed E-state index contributed by atoms with van der Waals surface area (Å²) < 4.78 is 11.2. The van der Waals surface area contributed by atoms with Crippen LogP contribution in [0.2, 0.25) is 0 Å². The highest BCUT2D eigenvalue weighted by Gasteiger charge is 1.97. The van der Waals surface area contributed by atoms with Gasteiger partial charge in [-0.3, -0.25) is 0 Å². The molecule has 0 radical (unpaired) electrons. The minimum atomic E-state index is 0.500. The van der Waals surface area contributed by atoms with Gasteiger partial charge in [-0.2, -0.15) is 0 Å². The first-order chi connectivity index (χ1) is 9.78. The molecule has 0 aliphatic carbocycles. The number of nitrogen functional groups attached to an aromatic ring is 1. The number of ether oxygens (including phenoxy) is 2. The molecule has 0 saturated heterocycles. The average molecular weight is 271 g/mol. The Morgan fingerprint density at radius 1 is 0.900 bits per heavy atom. The van der Waals surface area contributed by atoms with Gasteiger partial charge in [0.15, 0.2) is 0 Å². The summed E-state index contributed by atoms with van der Waals surface area (Å²) in [4.78, 5) is 0. The first-order valence-corrected chi connectivity index (χ1v) is 6.98. The van der Waals surface area contributed by atoms with Crippen LogP contribution in [0.3, 0.4) is 0 Å². The first-order valence-electron chi connectivity index (χ1n) is 6.98. The van der Waals surface area contributed by atoms with Crippen molar-refractivity contribution in [3.8, 4) is 11.5 Å². The highest BCUT2D eigenvalue weighted by atomic mass is 16.5. The van der Waals surface area contributed by atoms with Gasteiger partial charge in [-0.25, -0.2) is 0 Å². The van der Waals surface area contributed by atoms with Crippen LogP contribution in [0.15, 0.2) is 48.5 Å². The highest BCUT2D eigenvalue weighted by molar-refractivity contribution is 5.43. The van der Waals surface area contributed by atoms with E-state index in [-0.39, 0.29) is 0 Å². The summed E-state index contributed by atoms with van der Waals surface area (Å²) in [6.07, 6.45) is 2.27. The third-order valence-electron chi connectivity index (χ3n) is 2.94. The zero-order valence-corrected chi connectivity index (χ0v) is 11.8. The van der Waals surface area contributed by atoms with Crippen molar-refractivity contribution in [1.29, 1.82) is 0 Å². The fourth-order valence-corrected chi connectivity index (χ4v) is 1.96.